The highest BCUT2D eigenvalue weighted by molar-refractivity contribution is 6.04. The first-order valence-electron chi connectivity index (χ1n) is 10.9. The zero-order valence-electron chi connectivity index (χ0n) is 18.9. The number of aryl methyl sites for hydroxylation is 1. The molecule has 5 rings (SSSR count). The average Bonchev–Trinajstić information content (AvgIpc) is 3.31. The number of fused-ring (bicyclic) bond motifs is 3. The molecule has 182 valence electrons. The molecule has 0 saturated carbocycles. The zero-order chi connectivity index (χ0) is 25.4. The molecule has 5 aromatic rings. The molecule has 0 aliphatic rings. The van der Waals surface area contributed by atoms with Crippen LogP contribution in [0.25, 0.3) is 16.7 Å². The van der Waals surface area contributed by atoms with Gasteiger partial charge in [0.2, 0.25) is 5.78 Å². The van der Waals surface area contributed by atoms with E-state index in [0.29, 0.717) is 22.3 Å². The van der Waals surface area contributed by atoms with E-state index in [2.05, 4.69) is 20.8 Å². The van der Waals surface area contributed by atoms with Gasteiger partial charge in [-0.3, -0.25) is 18.6 Å². The molecular formula is C25H19F3N6O2. The van der Waals surface area contributed by atoms with Crippen LogP contribution in [-0.4, -0.2) is 25.1 Å². The molecule has 2 N–H and O–H groups in total. The summed E-state index contributed by atoms with van der Waals surface area (Å²) < 4.78 is 44.6. The topological polar surface area (TPSA) is 93.3 Å². The highest BCUT2D eigenvalue weighted by Crippen LogP contribution is 2.37. The van der Waals surface area contributed by atoms with Gasteiger partial charge in [-0.2, -0.15) is 13.2 Å². The number of para-hydroxylation sites is 1. The molecule has 2 aromatic heterocycles. The van der Waals surface area contributed by atoms with Crippen LogP contribution in [0.1, 0.15) is 21.7 Å². The van der Waals surface area contributed by atoms with Gasteiger partial charge in [-0.25, -0.2) is 0 Å². The van der Waals surface area contributed by atoms with Crippen molar-refractivity contribution in [3.05, 3.63) is 100 Å². The van der Waals surface area contributed by atoms with E-state index in [-0.39, 0.29) is 29.3 Å². The molecule has 0 spiro atoms. The number of alkyl halides is 3. The summed E-state index contributed by atoms with van der Waals surface area (Å²) in [6.45, 7) is -0.0951. The molecular weight excluding hydrogens is 473 g/mol. The largest absolute Gasteiger partial charge is 0.418 e. The molecule has 0 unspecified atom stereocenters. The van der Waals surface area contributed by atoms with E-state index in [1.165, 1.54) is 16.7 Å². The van der Waals surface area contributed by atoms with E-state index in [1.807, 2.05) is 0 Å². The molecule has 0 fully saturated rings. The summed E-state index contributed by atoms with van der Waals surface area (Å²) in [6, 6.07) is 18.6. The zero-order valence-corrected chi connectivity index (χ0v) is 18.9. The molecule has 8 nitrogen and oxygen atoms in total. The molecule has 3 aromatic carbocycles. The fourth-order valence-electron chi connectivity index (χ4n) is 3.98. The number of hydrogen-bond donors (Lipinski definition) is 2. The lowest BCUT2D eigenvalue weighted by Gasteiger charge is -2.16. The molecule has 2 heterocycles. The number of nitrogens with zero attached hydrogens (tertiary/aromatic N) is 4. The first-order valence-corrected chi connectivity index (χ1v) is 10.9. The van der Waals surface area contributed by atoms with Crippen molar-refractivity contribution in [2.75, 3.05) is 10.6 Å². The van der Waals surface area contributed by atoms with Crippen molar-refractivity contribution in [1.29, 1.82) is 0 Å². The lowest BCUT2D eigenvalue weighted by molar-refractivity contribution is -0.136. The van der Waals surface area contributed by atoms with Gasteiger partial charge in [0.15, 0.2) is 5.82 Å². The van der Waals surface area contributed by atoms with Crippen LogP contribution in [0.4, 0.5) is 24.5 Å². The number of anilines is 2. The van der Waals surface area contributed by atoms with Gasteiger partial charge in [-0.05, 0) is 42.5 Å². The third-order valence-corrected chi connectivity index (χ3v) is 5.75. The van der Waals surface area contributed by atoms with Crippen molar-refractivity contribution in [2.45, 2.75) is 12.7 Å². The highest BCUT2D eigenvalue weighted by Gasteiger charge is 2.34. The summed E-state index contributed by atoms with van der Waals surface area (Å²) >= 11 is 0. The Morgan fingerprint density at radius 3 is 2.44 bits per heavy atom. The van der Waals surface area contributed by atoms with E-state index in [9.17, 15) is 22.8 Å². The number of halogens is 3. The Bertz CT molecular complexity index is 1660. The number of benzene rings is 3. The summed E-state index contributed by atoms with van der Waals surface area (Å²) in [5.41, 5.74) is -0.500. The van der Waals surface area contributed by atoms with Crippen LogP contribution in [0.3, 0.4) is 0 Å². The Balaban J connectivity index is 1.47. The van der Waals surface area contributed by atoms with E-state index in [0.717, 1.165) is 6.07 Å². The van der Waals surface area contributed by atoms with Gasteiger partial charge in [-0.15, -0.1) is 10.2 Å². The van der Waals surface area contributed by atoms with Crippen LogP contribution in [0.15, 0.2) is 77.6 Å². The summed E-state index contributed by atoms with van der Waals surface area (Å²) in [5, 5.41) is 13.9. The average molecular weight is 492 g/mol. The molecule has 0 saturated heterocycles. The molecule has 11 heteroatoms. The predicted molar refractivity (Wildman–Crippen MR) is 129 cm³/mol. The molecule has 0 radical (unpaired) electrons. The van der Waals surface area contributed by atoms with Crippen molar-refractivity contribution in [2.24, 2.45) is 7.05 Å². The Hall–Kier alpha value is -4.67. The van der Waals surface area contributed by atoms with E-state index < -0.39 is 17.6 Å². The monoisotopic (exact) mass is 492 g/mol. The minimum Gasteiger partial charge on any atom is -0.377 e. The van der Waals surface area contributed by atoms with Gasteiger partial charge < -0.3 is 10.6 Å². The van der Waals surface area contributed by atoms with Crippen molar-refractivity contribution in [3.8, 4) is 0 Å². The SMILES string of the molecule is Cn1c(=O)c2ccccc2n2c(CNc3ccc(NC(=O)c4ccccc4)cc3C(F)(F)F)nnc12. The second-order valence-corrected chi connectivity index (χ2v) is 8.06. The molecule has 1 amide bonds. The minimum atomic E-state index is -4.68. The smallest absolute Gasteiger partial charge is 0.377 e. The minimum absolute atomic E-state index is 0.00986. The van der Waals surface area contributed by atoms with E-state index in [1.54, 1.807) is 66.0 Å². The number of rotatable bonds is 5. The molecule has 0 bridgehead atoms. The lowest BCUT2D eigenvalue weighted by Crippen LogP contribution is -2.20. The van der Waals surface area contributed by atoms with Gasteiger partial charge in [0.1, 0.15) is 0 Å². The maximum absolute atomic E-state index is 13.9. The van der Waals surface area contributed by atoms with Crippen LogP contribution in [-0.2, 0) is 19.8 Å². The normalized spacial score (nSPS) is 11.7. The molecule has 36 heavy (non-hydrogen) atoms. The fraction of sp³-hybridized carbons (Fsp3) is 0.120. The number of carbonyl (C=O) groups is 1. The van der Waals surface area contributed by atoms with Gasteiger partial charge >= 0.3 is 6.18 Å². The standard InChI is InChI=1S/C25H19F3N6O2/c1-33-23(36)17-9-5-6-10-20(17)34-21(31-32-24(33)34)14-29-19-12-11-16(13-18(19)25(26,27)28)30-22(35)15-7-3-2-4-8-15/h2-13,29H,14H2,1H3,(H,30,35). The maximum atomic E-state index is 13.9. The Morgan fingerprint density at radius 1 is 0.972 bits per heavy atom. The number of nitrogens with one attached hydrogen (secondary N) is 2. The molecule has 0 atom stereocenters. The fourth-order valence-corrected chi connectivity index (χ4v) is 3.98. The number of aromatic nitrogens is 4. The Labute approximate surface area is 202 Å². The second-order valence-electron chi connectivity index (χ2n) is 8.06. The van der Waals surface area contributed by atoms with Crippen molar-refractivity contribution >= 4 is 34.0 Å². The molecule has 0 aliphatic heterocycles. The highest BCUT2D eigenvalue weighted by atomic mass is 19.4. The summed E-state index contributed by atoms with van der Waals surface area (Å²) in [4.78, 5) is 25.0. The van der Waals surface area contributed by atoms with Crippen molar-refractivity contribution in [3.63, 3.8) is 0 Å². The number of hydrogen-bond acceptors (Lipinski definition) is 5. The predicted octanol–water partition coefficient (Wildman–Crippen LogP) is 4.46. The van der Waals surface area contributed by atoms with Crippen LogP contribution in [0.2, 0.25) is 0 Å². The van der Waals surface area contributed by atoms with Crippen LogP contribution >= 0.6 is 0 Å². The van der Waals surface area contributed by atoms with Gasteiger partial charge in [0, 0.05) is 24.0 Å². The van der Waals surface area contributed by atoms with Gasteiger partial charge in [0.05, 0.1) is 23.0 Å². The third-order valence-electron chi connectivity index (χ3n) is 5.75. The number of amides is 1. The summed E-state index contributed by atoms with van der Waals surface area (Å²) in [5.74, 6) is 0.0775. The first-order chi connectivity index (χ1) is 17.2. The first kappa shape index (κ1) is 23.1. The van der Waals surface area contributed by atoms with Crippen molar-refractivity contribution < 1.29 is 18.0 Å². The van der Waals surface area contributed by atoms with Crippen LogP contribution in [0, 0.1) is 0 Å². The van der Waals surface area contributed by atoms with Gasteiger partial charge in [0.25, 0.3) is 11.5 Å². The Morgan fingerprint density at radius 2 is 1.69 bits per heavy atom. The summed E-state index contributed by atoms with van der Waals surface area (Å²) in [6.07, 6.45) is -4.68. The number of carbonyl (C=O) groups excluding carboxylic acids is 1. The third kappa shape index (κ3) is 4.15. The van der Waals surface area contributed by atoms with Crippen LogP contribution < -0.4 is 16.2 Å². The Kier molecular flexibility index (Phi) is 5.67. The maximum Gasteiger partial charge on any atom is 0.418 e. The summed E-state index contributed by atoms with van der Waals surface area (Å²) in [7, 11) is 1.56. The second kappa shape index (κ2) is 8.84. The van der Waals surface area contributed by atoms with Crippen LogP contribution in [0.5, 0.6) is 0 Å². The van der Waals surface area contributed by atoms with Gasteiger partial charge in [-0.1, -0.05) is 30.3 Å². The molecule has 0 aliphatic carbocycles. The van der Waals surface area contributed by atoms with E-state index >= 15 is 0 Å². The van der Waals surface area contributed by atoms with Crippen molar-refractivity contribution in [1.82, 2.24) is 19.2 Å². The lowest BCUT2D eigenvalue weighted by atomic mass is 10.1. The van der Waals surface area contributed by atoms with E-state index in [4.69, 9.17) is 0 Å². The quantitative estimate of drug-likeness (QED) is 0.378.